The van der Waals surface area contributed by atoms with Gasteiger partial charge in [-0.3, -0.25) is 4.99 Å². The van der Waals surface area contributed by atoms with Crippen LogP contribution in [0.5, 0.6) is 0 Å². The zero-order chi connectivity index (χ0) is 18.6. The maximum atomic E-state index is 13.1. The quantitative estimate of drug-likeness (QED) is 0.773. The van der Waals surface area contributed by atoms with Gasteiger partial charge in [0.2, 0.25) is 0 Å². The van der Waals surface area contributed by atoms with Crippen molar-refractivity contribution in [3.63, 3.8) is 0 Å². The van der Waals surface area contributed by atoms with Crippen molar-refractivity contribution in [3.8, 4) is 6.07 Å². The number of allylic oxidation sites excluding steroid dienone is 1. The molecule has 2 aromatic rings. The van der Waals surface area contributed by atoms with Gasteiger partial charge < -0.3 is 0 Å². The smallest absolute Gasteiger partial charge is 0.251 e. The molecule has 0 aliphatic heterocycles. The number of pyridine rings is 1. The molecule has 8 heteroatoms. The van der Waals surface area contributed by atoms with Crippen molar-refractivity contribution in [1.82, 2.24) is 15.0 Å². The second-order valence-electron chi connectivity index (χ2n) is 5.11. The lowest BCUT2D eigenvalue weighted by molar-refractivity contribution is -0.141. The lowest BCUT2D eigenvalue weighted by Crippen LogP contribution is -2.15. The molecule has 128 valence electrons. The lowest BCUT2D eigenvalue weighted by atomic mass is 10.1. The van der Waals surface area contributed by atoms with Crippen LogP contribution in [0.2, 0.25) is 0 Å². The Bertz CT molecular complexity index is 879. The summed E-state index contributed by atoms with van der Waals surface area (Å²) in [5.41, 5.74) is 0.342. The number of rotatable bonds is 4. The molecule has 0 radical (unpaired) electrons. The van der Waals surface area contributed by atoms with E-state index in [1.807, 2.05) is 13.0 Å². The minimum Gasteiger partial charge on any atom is -0.251 e. The molecule has 25 heavy (non-hydrogen) atoms. The number of hydrogen-bond acceptors (Lipinski definition) is 5. The highest BCUT2D eigenvalue weighted by Gasteiger charge is 2.36. The van der Waals surface area contributed by atoms with E-state index in [1.165, 1.54) is 19.1 Å². The molecule has 0 unspecified atom stereocenters. The second kappa shape index (κ2) is 7.21. The molecule has 2 heterocycles. The van der Waals surface area contributed by atoms with Gasteiger partial charge in [0.1, 0.15) is 18.1 Å². The van der Waals surface area contributed by atoms with Gasteiger partial charge in [0.15, 0.2) is 5.69 Å². The van der Waals surface area contributed by atoms with E-state index in [9.17, 15) is 13.2 Å². The molecular weight excluding hydrogens is 331 g/mol. The van der Waals surface area contributed by atoms with Crippen LogP contribution in [0.4, 0.5) is 18.9 Å². The standard InChI is InChI=1S/C17H14F3N5/c1-4-10(2)15-14(6-5-12(7-21)25-15)24-11(3)13-8-22-9-23-16(13)17(18,19)20/h5-6,8-9H,2,4H2,1,3H3. The Morgan fingerprint density at radius 2 is 2.08 bits per heavy atom. The van der Waals surface area contributed by atoms with Crippen molar-refractivity contribution in [2.24, 2.45) is 4.99 Å². The summed E-state index contributed by atoms with van der Waals surface area (Å²) >= 11 is 0. The summed E-state index contributed by atoms with van der Waals surface area (Å²) in [7, 11) is 0. The third kappa shape index (κ3) is 4.07. The number of nitriles is 1. The van der Waals surface area contributed by atoms with Crippen molar-refractivity contribution < 1.29 is 13.2 Å². The first kappa shape index (κ1) is 18.3. The van der Waals surface area contributed by atoms with Gasteiger partial charge in [-0.2, -0.15) is 18.4 Å². The average Bonchev–Trinajstić information content (AvgIpc) is 2.60. The van der Waals surface area contributed by atoms with Crippen molar-refractivity contribution in [1.29, 1.82) is 5.26 Å². The van der Waals surface area contributed by atoms with Crippen molar-refractivity contribution in [2.45, 2.75) is 26.4 Å². The highest BCUT2D eigenvalue weighted by atomic mass is 19.4. The molecule has 0 spiro atoms. The summed E-state index contributed by atoms with van der Waals surface area (Å²) in [6.45, 7) is 7.16. The Morgan fingerprint density at radius 3 is 2.68 bits per heavy atom. The van der Waals surface area contributed by atoms with Gasteiger partial charge in [-0.15, -0.1) is 0 Å². The molecule has 0 N–H and O–H groups in total. The number of nitrogens with zero attached hydrogens (tertiary/aromatic N) is 5. The van der Waals surface area contributed by atoms with Crippen LogP contribution in [0, 0.1) is 11.3 Å². The summed E-state index contributed by atoms with van der Waals surface area (Å²) in [4.78, 5) is 15.4. The van der Waals surface area contributed by atoms with E-state index in [2.05, 4.69) is 26.5 Å². The molecule has 0 aliphatic carbocycles. The van der Waals surface area contributed by atoms with Gasteiger partial charge in [-0.05, 0) is 31.1 Å². The molecular formula is C17H14F3N5. The molecule has 0 atom stereocenters. The molecule has 0 amide bonds. The Morgan fingerprint density at radius 1 is 1.36 bits per heavy atom. The molecule has 0 saturated carbocycles. The molecule has 2 rings (SSSR count). The van der Waals surface area contributed by atoms with Crippen molar-refractivity contribution in [3.05, 3.63) is 53.9 Å². The van der Waals surface area contributed by atoms with Crippen LogP contribution in [0.15, 0.2) is 36.2 Å². The van der Waals surface area contributed by atoms with E-state index < -0.39 is 11.9 Å². The number of aromatic nitrogens is 3. The topological polar surface area (TPSA) is 74.8 Å². The summed E-state index contributed by atoms with van der Waals surface area (Å²) in [6.07, 6.45) is -2.15. The van der Waals surface area contributed by atoms with Gasteiger partial charge in [0, 0.05) is 17.5 Å². The predicted molar refractivity (Wildman–Crippen MR) is 87.2 cm³/mol. The number of halogens is 3. The van der Waals surface area contributed by atoms with Crippen LogP contribution in [0.25, 0.3) is 5.57 Å². The first-order valence-electron chi connectivity index (χ1n) is 7.30. The highest BCUT2D eigenvalue weighted by Crippen LogP contribution is 2.31. The second-order valence-corrected chi connectivity index (χ2v) is 5.11. The van der Waals surface area contributed by atoms with Gasteiger partial charge in [-0.25, -0.2) is 15.0 Å². The normalized spacial score (nSPS) is 11.9. The minimum atomic E-state index is -4.62. The summed E-state index contributed by atoms with van der Waals surface area (Å²) in [5.74, 6) is 0. The van der Waals surface area contributed by atoms with E-state index in [4.69, 9.17) is 5.26 Å². The molecule has 0 aliphatic rings. The summed E-state index contributed by atoms with van der Waals surface area (Å²) < 4.78 is 39.3. The van der Waals surface area contributed by atoms with E-state index in [0.717, 1.165) is 12.5 Å². The fourth-order valence-corrected chi connectivity index (χ4v) is 2.09. The first-order valence-corrected chi connectivity index (χ1v) is 7.30. The van der Waals surface area contributed by atoms with Gasteiger partial charge in [-0.1, -0.05) is 13.5 Å². The first-order chi connectivity index (χ1) is 11.8. The fraction of sp³-hybridized carbons (Fsp3) is 0.235. The monoisotopic (exact) mass is 345 g/mol. The van der Waals surface area contributed by atoms with Crippen molar-refractivity contribution >= 4 is 17.0 Å². The molecule has 5 nitrogen and oxygen atoms in total. The fourth-order valence-electron chi connectivity index (χ4n) is 2.09. The third-order valence-corrected chi connectivity index (χ3v) is 3.41. The number of alkyl halides is 3. The van der Waals surface area contributed by atoms with Crippen LogP contribution in [-0.4, -0.2) is 20.7 Å². The van der Waals surface area contributed by atoms with Crippen LogP contribution in [0.1, 0.15) is 42.9 Å². The summed E-state index contributed by atoms with van der Waals surface area (Å²) in [5, 5.41) is 8.97. The highest BCUT2D eigenvalue weighted by molar-refractivity contribution is 6.01. The Kier molecular flexibility index (Phi) is 5.27. The maximum Gasteiger partial charge on any atom is 0.434 e. The summed E-state index contributed by atoms with van der Waals surface area (Å²) in [6, 6.07) is 4.90. The predicted octanol–water partition coefficient (Wildman–Crippen LogP) is 4.33. The van der Waals surface area contributed by atoms with Crippen LogP contribution in [0.3, 0.4) is 0 Å². The minimum absolute atomic E-state index is 0.0876. The molecule has 0 bridgehead atoms. The Hall–Kier alpha value is -3.08. The van der Waals surface area contributed by atoms with Crippen LogP contribution in [-0.2, 0) is 6.18 Å². The van der Waals surface area contributed by atoms with E-state index in [-0.39, 0.29) is 17.0 Å². The van der Waals surface area contributed by atoms with E-state index >= 15 is 0 Å². The third-order valence-electron chi connectivity index (χ3n) is 3.41. The van der Waals surface area contributed by atoms with E-state index in [0.29, 0.717) is 23.4 Å². The largest absolute Gasteiger partial charge is 0.434 e. The van der Waals surface area contributed by atoms with Gasteiger partial charge in [0.25, 0.3) is 0 Å². The Balaban J connectivity index is 2.59. The molecule has 0 fully saturated rings. The Labute approximate surface area is 142 Å². The molecule has 2 aromatic heterocycles. The van der Waals surface area contributed by atoms with E-state index in [1.54, 1.807) is 0 Å². The van der Waals surface area contributed by atoms with Gasteiger partial charge in [0.05, 0.1) is 11.4 Å². The van der Waals surface area contributed by atoms with Gasteiger partial charge >= 0.3 is 6.18 Å². The molecule has 0 aromatic carbocycles. The average molecular weight is 345 g/mol. The lowest BCUT2D eigenvalue weighted by Gasteiger charge is -2.12. The zero-order valence-corrected chi connectivity index (χ0v) is 13.6. The number of hydrogen-bond donors (Lipinski definition) is 0. The SMILES string of the molecule is C=C(CC)c1nc(C#N)ccc1N=C(C)c1cncnc1C(F)(F)F. The molecule has 0 saturated heterocycles. The van der Waals surface area contributed by atoms with Crippen molar-refractivity contribution in [2.75, 3.05) is 0 Å². The zero-order valence-electron chi connectivity index (χ0n) is 13.6. The number of aliphatic imine (C=N–C) groups is 1. The van der Waals surface area contributed by atoms with Crippen LogP contribution < -0.4 is 0 Å². The maximum absolute atomic E-state index is 13.1. The van der Waals surface area contributed by atoms with Crippen LogP contribution >= 0.6 is 0 Å².